The average molecular weight is 303 g/mol. The highest BCUT2D eigenvalue weighted by Crippen LogP contribution is 2.26. The van der Waals surface area contributed by atoms with Crippen molar-refractivity contribution in [3.8, 4) is 0 Å². The van der Waals surface area contributed by atoms with Crippen molar-refractivity contribution in [2.24, 2.45) is 11.7 Å². The average Bonchev–Trinajstić information content (AvgIpc) is 2.32. The molecule has 0 radical (unpaired) electrons. The van der Waals surface area contributed by atoms with Crippen molar-refractivity contribution in [3.05, 3.63) is 28.8 Å². The Morgan fingerprint density at radius 2 is 2.16 bits per heavy atom. The number of hydrogen-bond donors (Lipinski definition) is 2. The lowest BCUT2D eigenvalue weighted by Gasteiger charge is -2.25. The quantitative estimate of drug-likeness (QED) is 0.878. The second-order valence-electron chi connectivity index (χ2n) is 5.07. The molecule has 0 bridgehead atoms. The first-order valence-corrected chi connectivity index (χ1v) is 6.76. The number of benzene rings is 1. The molecule has 0 spiro atoms. The van der Waals surface area contributed by atoms with Crippen LogP contribution in [-0.2, 0) is 4.79 Å². The van der Waals surface area contributed by atoms with Crippen molar-refractivity contribution in [1.29, 1.82) is 0 Å². The summed E-state index contributed by atoms with van der Waals surface area (Å²) in [4.78, 5) is 12.2. The van der Waals surface area contributed by atoms with Crippen LogP contribution in [-0.4, -0.2) is 11.9 Å². The summed E-state index contributed by atoms with van der Waals surface area (Å²) in [6, 6.07) is 5.65. The Labute approximate surface area is 125 Å². The first kappa shape index (κ1) is 16.3. The monoisotopic (exact) mass is 302 g/mol. The van der Waals surface area contributed by atoms with Crippen LogP contribution in [0.1, 0.15) is 31.2 Å². The van der Waals surface area contributed by atoms with E-state index >= 15 is 0 Å². The molecule has 3 nitrogen and oxygen atoms in total. The molecule has 1 saturated carbocycles. The maximum Gasteiger partial charge on any atom is 0.227 e. The smallest absolute Gasteiger partial charge is 0.227 e. The van der Waals surface area contributed by atoms with Crippen LogP contribution >= 0.6 is 24.0 Å². The molecule has 1 fully saturated rings. The molecule has 0 heterocycles. The summed E-state index contributed by atoms with van der Waals surface area (Å²) in [6.45, 7) is 1.94. The zero-order valence-corrected chi connectivity index (χ0v) is 12.6. The van der Waals surface area contributed by atoms with Crippen LogP contribution in [0.3, 0.4) is 0 Å². The van der Waals surface area contributed by atoms with Crippen LogP contribution < -0.4 is 11.1 Å². The molecule has 1 aromatic carbocycles. The summed E-state index contributed by atoms with van der Waals surface area (Å²) < 4.78 is 0. The van der Waals surface area contributed by atoms with E-state index in [1.54, 1.807) is 6.07 Å². The third kappa shape index (κ3) is 4.37. The van der Waals surface area contributed by atoms with E-state index in [0.29, 0.717) is 5.02 Å². The Morgan fingerprint density at radius 1 is 1.42 bits per heavy atom. The van der Waals surface area contributed by atoms with Gasteiger partial charge in [0, 0.05) is 22.7 Å². The molecule has 2 unspecified atom stereocenters. The number of hydrogen-bond acceptors (Lipinski definition) is 2. The number of nitrogens with two attached hydrogens (primary N) is 1. The maximum absolute atomic E-state index is 12.2. The van der Waals surface area contributed by atoms with Crippen molar-refractivity contribution >= 4 is 35.6 Å². The second-order valence-corrected chi connectivity index (χ2v) is 5.51. The summed E-state index contributed by atoms with van der Waals surface area (Å²) in [5.74, 6) is 0.124. The third-order valence-corrected chi connectivity index (χ3v) is 3.77. The zero-order chi connectivity index (χ0) is 13.1. The third-order valence-electron chi connectivity index (χ3n) is 3.53. The van der Waals surface area contributed by atoms with E-state index in [9.17, 15) is 4.79 Å². The number of carbonyl (C=O) groups excluding carboxylic acids is 1. The Bertz CT molecular complexity index is 451. The number of amides is 1. The molecule has 19 heavy (non-hydrogen) atoms. The molecule has 5 heteroatoms. The Hall–Kier alpha value is -0.770. The molecule has 1 aliphatic rings. The fourth-order valence-corrected chi connectivity index (χ4v) is 2.69. The number of nitrogens with one attached hydrogen (secondary N) is 1. The van der Waals surface area contributed by atoms with Crippen LogP contribution in [0.4, 0.5) is 5.69 Å². The van der Waals surface area contributed by atoms with Gasteiger partial charge in [0.05, 0.1) is 0 Å². The predicted octanol–water partition coefficient (Wildman–Crippen LogP) is 3.53. The molecule has 0 aliphatic heterocycles. The number of rotatable bonds is 2. The standard InChI is InChI=1S/C14H19ClN2O.ClH/c1-9-7-11(15)5-6-13(9)17-14(18)10-3-2-4-12(16)8-10;/h5-7,10,12H,2-4,8,16H2,1H3,(H,17,18);1H. The lowest BCUT2D eigenvalue weighted by atomic mass is 9.85. The Kier molecular flexibility index (Phi) is 6.11. The van der Waals surface area contributed by atoms with Crippen molar-refractivity contribution < 1.29 is 4.79 Å². The van der Waals surface area contributed by atoms with Crippen molar-refractivity contribution in [2.75, 3.05) is 5.32 Å². The summed E-state index contributed by atoms with van der Waals surface area (Å²) in [7, 11) is 0. The molecule has 0 aromatic heterocycles. The lowest BCUT2D eigenvalue weighted by molar-refractivity contribution is -0.120. The molecule has 2 rings (SSSR count). The van der Waals surface area contributed by atoms with E-state index in [-0.39, 0.29) is 30.3 Å². The van der Waals surface area contributed by atoms with Gasteiger partial charge in [0.15, 0.2) is 0 Å². The summed E-state index contributed by atoms with van der Waals surface area (Å²) >= 11 is 5.89. The number of halogens is 2. The largest absolute Gasteiger partial charge is 0.328 e. The van der Waals surface area contributed by atoms with Gasteiger partial charge in [-0.05, 0) is 49.9 Å². The minimum atomic E-state index is 0. The second kappa shape index (κ2) is 7.13. The number of aryl methyl sites for hydroxylation is 1. The lowest BCUT2D eigenvalue weighted by Crippen LogP contribution is -2.34. The summed E-state index contributed by atoms with van der Waals surface area (Å²) in [5, 5.41) is 3.66. The van der Waals surface area contributed by atoms with Crippen molar-refractivity contribution in [3.63, 3.8) is 0 Å². The highest BCUT2D eigenvalue weighted by molar-refractivity contribution is 6.30. The minimum Gasteiger partial charge on any atom is -0.328 e. The van der Waals surface area contributed by atoms with Gasteiger partial charge >= 0.3 is 0 Å². The van der Waals surface area contributed by atoms with Crippen molar-refractivity contribution in [2.45, 2.75) is 38.6 Å². The van der Waals surface area contributed by atoms with Gasteiger partial charge in [0.2, 0.25) is 5.91 Å². The van der Waals surface area contributed by atoms with Crippen LogP contribution in [0.15, 0.2) is 18.2 Å². The molecule has 3 N–H and O–H groups in total. The van der Waals surface area contributed by atoms with E-state index < -0.39 is 0 Å². The van der Waals surface area contributed by atoms with Gasteiger partial charge in [-0.3, -0.25) is 4.79 Å². The molecule has 1 aromatic rings. The highest BCUT2D eigenvalue weighted by Gasteiger charge is 2.25. The number of anilines is 1. The topological polar surface area (TPSA) is 55.1 Å². The summed E-state index contributed by atoms with van der Waals surface area (Å²) in [5.41, 5.74) is 7.73. The first-order valence-electron chi connectivity index (χ1n) is 6.39. The Balaban J connectivity index is 0.00000180. The van der Waals surface area contributed by atoms with Gasteiger partial charge in [0.1, 0.15) is 0 Å². The van der Waals surface area contributed by atoms with Gasteiger partial charge in [0.25, 0.3) is 0 Å². The van der Waals surface area contributed by atoms with E-state index in [4.69, 9.17) is 17.3 Å². The molecule has 106 valence electrons. The molecular formula is C14H20Cl2N2O. The molecule has 1 amide bonds. The predicted molar refractivity (Wildman–Crippen MR) is 82.0 cm³/mol. The van der Waals surface area contributed by atoms with Gasteiger partial charge < -0.3 is 11.1 Å². The highest BCUT2D eigenvalue weighted by atomic mass is 35.5. The maximum atomic E-state index is 12.2. The van der Waals surface area contributed by atoms with Gasteiger partial charge in [-0.15, -0.1) is 12.4 Å². The van der Waals surface area contributed by atoms with Crippen LogP contribution in [0, 0.1) is 12.8 Å². The van der Waals surface area contributed by atoms with E-state index in [1.165, 1.54) is 0 Å². The molecule has 1 aliphatic carbocycles. The van der Waals surface area contributed by atoms with Crippen LogP contribution in [0.25, 0.3) is 0 Å². The SMILES string of the molecule is Cc1cc(Cl)ccc1NC(=O)C1CCCC(N)C1.Cl. The van der Waals surface area contributed by atoms with Crippen molar-refractivity contribution in [1.82, 2.24) is 0 Å². The van der Waals surface area contributed by atoms with Crippen LogP contribution in [0.5, 0.6) is 0 Å². The fraction of sp³-hybridized carbons (Fsp3) is 0.500. The zero-order valence-electron chi connectivity index (χ0n) is 11.0. The van der Waals surface area contributed by atoms with E-state index in [2.05, 4.69) is 5.32 Å². The molecular weight excluding hydrogens is 283 g/mol. The first-order chi connectivity index (χ1) is 8.56. The van der Waals surface area contributed by atoms with Gasteiger partial charge in [-0.25, -0.2) is 0 Å². The normalized spacial score (nSPS) is 22.5. The van der Waals surface area contributed by atoms with Crippen LogP contribution in [0.2, 0.25) is 5.02 Å². The van der Waals surface area contributed by atoms with E-state index in [1.807, 2.05) is 19.1 Å². The van der Waals surface area contributed by atoms with Gasteiger partial charge in [-0.2, -0.15) is 0 Å². The van der Waals surface area contributed by atoms with Gasteiger partial charge in [-0.1, -0.05) is 18.0 Å². The van der Waals surface area contributed by atoms with E-state index in [0.717, 1.165) is 36.9 Å². The number of carbonyl (C=O) groups is 1. The Morgan fingerprint density at radius 3 is 2.79 bits per heavy atom. The molecule has 2 atom stereocenters. The summed E-state index contributed by atoms with van der Waals surface area (Å²) in [6.07, 6.45) is 3.80. The minimum absolute atomic E-state index is 0. The molecule has 0 saturated heterocycles. The fourth-order valence-electron chi connectivity index (χ4n) is 2.47.